The maximum atomic E-state index is 5.87. The van der Waals surface area contributed by atoms with Gasteiger partial charge in [0, 0.05) is 10.4 Å². The second-order valence-corrected chi connectivity index (χ2v) is 6.03. The summed E-state index contributed by atoms with van der Waals surface area (Å²) >= 11 is 9.28. The molecule has 0 aromatic heterocycles. The molecule has 0 N–H and O–H groups in total. The molecule has 2 nitrogen and oxygen atoms in total. The van der Waals surface area contributed by atoms with Crippen LogP contribution < -0.4 is 9.47 Å². The zero-order valence-corrected chi connectivity index (χ0v) is 14.5. The van der Waals surface area contributed by atoms with Gasteiger partial charge < -0.3 is 9.47 Å². The molecule has 0 fully saturated rings. The van der Waals surface area contributed by atoms with Crippen molar-refractivity contribution >= 4 is 27.5 Å². The fraction of sp³-hybridized carbons (Fsp3) is 0.294. The monoisotopic (exact) mass is 368 g/mol. The van der Waals surface area contributed by atoms with E-state index in [1.54, 1.807) is 0 Å². The van der Waals surface area contributed by atoms with Crippen molar-refractivity contribution in [2.45, 2.75) is 19.7 Å². The van der Waals surface area contributed by atoms with Gasteiger partial charge in [-0.2, -0.15) is 0 Å². The molecule has 2 rings (SSSR count). The quantitative estimate of drug-likeness (QED) is 0.510. The summed E-state index contributed by atoms with van der Waals surface area (Å²) in [4.78, 5) is 0. The van der Waals surface area contributed by atoms with Gasteiger partial charge in [-0.1, -0.05) is 34.1 Å². The molecule has 21 heavy (non-hydrogen) atoms. The predicted octanol–water partition coefficient (Wildman–Crippen LogP) is 5.26. The Hall–Kier alpha value is -1.19. The first-order valence-corrected chi connectivity index (χ1v) is 8.10. The summed E-state index contributed by atoms with van der Waals surface area (Å²) in [5.74, 6) is 2.27. The molecular formula is C17H18BrClO2. The summed E-state index contributed by atoms with van der Waals surface area (Å²) in [7, 11) is 0. The van der Waals surface area contributed by atoms with Crippen molar-refractivity contribution in [3.05, 3.63) is 57.6 Å². The molecule has 0 atom stereocenters. The van der Waals surface area contributed by atoms with Crippen molar-refractivity contribution < 1.29 is 9.47 Å². The van der Waals surface area contributed by atoms with Gasteiger partial charge in [-0.25, -0.2) is 0 Å². The minimum absolute atomic E-state index is 0.507. The van der Waals surface area contributed by atoms with E-state index in [9.17, 15) is 0 Å². The van der Waals surface area contributed by atoms with E-state index in [1.807, 2.05) is 38.1 Å². The van der Waals surface area contributed by atoms with E-state index in [0.29, 0.717) is 19.1 Å². The van der Waals surface area contributed by atoms with Crippen molar-refractivity contribution in [2.24, 2.45) is 0 Å². The molecule has 0 aliphatic rings. The topological polar surface area (TPSA) is 18.5 Å². The van der Waals surface area contributed by atoms with E-state index in [4.69, 9.17) is 21.1 Å². The molecular weight excluding hydrogens is 352 g/mol. The first-order chi connectivity index (χ1) is 10.1. The molecule has 0 aliphatic heterocycles. The Morgan fingerprint density at radius 2 is 1.67 bits per heavy atom. The maximum Gasteiger partial charge on any atom is 0.125 e. The number of aryl methyl sites for hydroxylation is 2. The number of halogens is 2. The van der Waals surface area contributed by atoms with Crippen LogP contribution >= 0.6 is 27.5 Å². The zero-order chi connectivity index (χ0) is 15.2. The zero-order valence-electron chi connectivity index (χ0n) is 12.2. The second kappa shape index (κ2) is 7.71. The Bertz CT molecular complexity index is 590. The summed E-state index contributed by atoms with van der Waals surface area (Å²) in [5, 5.41) is 0. The molecule has 2 aromatic rings. The average Bonchev–Trinajstić information content (AvgIpc) is 2.45. The Balaban J connectivity index is 1.89. The van der Waals surface area contributed by atoms with Crippen molar-refractivity contribution in [1.82, 2.24) is 0 Å². The van der Waals surface area contributed by atoms with Gasteiger partial charge in [-0.15, -0.1) is 11.6 Å². The van der Waals surface area contributed by atoms with Gasteiger partial charge in [-0.3, -0.25) is 0 Å². The fourth-order valence-electron chi connectivity index (χ4n) is 2.20. The third-order valence-corrected chi connectivity index (χ3v) is 3.87. The fourth-order valence-corrected chi connectivity index (χ4v) is 2.74. The lowest BCUT2D eigenvalue weighted by molar-refractivity contribution is 0.215. The number of benzene rings is 2. The Morgan fingerprint density at radius 1 is 1.00 bits per heavy atom. The molecule has 0 unspecified atom stereocenters. The lowest BCUT2D eigenvalue weighted by Gasteiger charge is -2.14. The van der Waals surface area contributed by atoms with E-state index in [1.165, 1.54) is 0 Å². The molecule has 0 aliphatic carbocycles. The summed E-state index contributed by atoms with van der Waals surface area (Å²) in [6, 6.07) is 11.9. The smallest absolute Gasteiger partial charge is 0.125 e. The molecule has 0 heterocycles. The van der Waals surface area contributed by atoms with Crippen molar-refractivity contribution in [3.63, 3.8) is 0 Å². The summed E-state index contributed by atoms with van der Waals surface area (Å²) < 4.78 is 12.5. The van der Waals surface area contributed by atoms with Crippen LogP contribution in [0.5, 0.6) is 11.5 Å². The third-order valence-electron chi connectivity index (χ3n) is 3.07. The number of ether oxygens (including phenoxy) is 2. The Labute approximate surface area is 139 Å². The third kappa shape index (κ3) is 4.65. The molecule has 0 amide bonds. The van der Waals surface area contributed by atoms with E-state index in [0.717, 1.165) is 32.7 Å². The van der Waals surface area contributed by atoms with Gasteiger partial charge in [0.25, 0.3) is 0 Å². The highest BCUT2D eigenvalue weighted by molar-refractivity contribution is 9.10. The van der Waals surface area contributed by atoms with Gasteiger partial charge in [-0.05, 0) is 48.7 Å². The standard InChI is InChI=1S/C17H18BrClO2/c1-12-8-14(11-19)9-13(2)17(12)21-7-6-20-16-5-3-4-15(18)10-16/h3-5,8-10H,6-7,11H2,1-2H3. The Morgan fingerprint density at radius 3 is 2.29 bits per heavy atom. The minimum atomic E-state index is 0.507. The highest BCUT2D eigenvalue weighted by Crippen LogP contribution is 2.25. The maximum absolute atomic E-state index is 5.87. The molecule has 0 spiro atoms. The molecule has 112 valence electrons. The first-order valence-electron chi connectivity index (χ1n) is 6.77. The SMILES string of the molecule is Cc1cc(CCl)cc(C)c1OCCOc1cccc(Br)c1. The first kappa shape index (κ1) is 16.2. The molecule has 0 saturated heterocycles. The predicted molar refractivity (Wildman–Crippen MR) is 90.6 cm³/mol. The van der Waals surface area contributed by atoms with Crippen molar-refractivity contribution in [2.75, 3.05) is 13.2 Å². The molecule has 4 heteroatoms. The number of alkyl halides is 1. The van der Waals surface area contributed by atoms with E-state index in [2.05, 4.69) is 28.1 Å². The van der Waals surface area contributed by atoms with Crippen LogP contribution in [-0.2, 0) is 5.88 Å². The van der Waals surface area contributed by atoms with Crippen LogP contribution in [0.1, 0.15) is 16.7 Å². The van der Waals surface area contributed by atoms with Crippen LogP contribution in [0, 0.1) is 13.8 Å². The summed E-state index contributed by atoms with van der Waals surface area (Å²) in [5.41, 5.74) is 3.32. The van der Waals surface area contributed by atoms with Gasteiger partial charge >= 0.3 is 0 Å². The highest BCUT2D eigenvalue weighted by Gasteiger charge is 2.06. The highest BCUT2D eigenvalue weighted by atomic mass is 79.9. The number of rotatable bonds is 6. The van der Waals surface area contributed by atoms with Crippen molar-refractivity contribution in [3.8, 4) is 11.5 Å². The summed E-state index contributed by atoms with van der Waals surface area (Å²) in [6.45, 7) is 5.09. The number of hydrogen-bond donors (Lipinski definition) is 0. The van der Waals surface area contributed by atoms with Crippen LogP contribution in [0.4, 0.5) is 0 Å². The molecule has 2 aromatic carbocycles. The molecule has 0 bridgehead atoms. The largest absolute Gasteiger partial charge is 0.490 e. The van der Waals surface area contributed by atoms with Gasteiger partial charge in [0.05, 0.1) is 0 Å². The van der Waals surface area contributed by atoms with Crippen LogP contribution in [0.3, 0.4) is 0 Å². The van der Waals surface area contributed by atoms with Crippen LogP contribution in [-0.4, -0.2) is 13.2 Å². The van der Waals surface area contributed by atoms with Crippen LogP contribution in [0.2, 0.25) is 0 Å². The minimum Gasteiger partial charge on any atom is -0.490 e. The van der Waals surface area contributed by atoms with Crippen molar-refractivity contribution in [1.29, 1.82) is 0 Å². The lowest BCUT2D eigenvalue weighted by Crippen LogP contribution is -2.10. The normalized spacial score (nSPS) is 10.5. The molecule has 0 radical (unpaired) electrons. The van der Waals surface area contributed by atoms with Crippen LogP contribution in [0.25, 0.3) is 0 Å². The van der Waals surface area contributed by atoms with Crippen LogP contribution in [0.15, 0.2) is 40.9 Å². The van der Waals surface area contributed by atoms with Gasteiger partial charge in [0.1, 0.15) is 24.7 Å². The number of hydrogen-bond acceptors (Lipinski definition) is 2. The molecule has 0 saturated carbocycles. The van der Waals surface area contributed by atoms with E-state index < -0.39 is 0 Å². The van der Waals surface area contributed by atoms with Gasteiger partial charge in [0.2, 0.25) is 0 Å². The average molecular weight is 370 g/mol. The van der Waals surface area contributed by atoms with Gasteiger partial charge in [0.15, 0.2) is 0 Å². The lowest BCUT2D eigenvalue weighted by atomic mass is 10.1. The Kier molecular flexibility index (Phi) is 5.95. The van der Waals surface area contributed by atoms with E-state index >= 15 is 0 Å². The second-order valence-electron chi connectivity index (χ2n) is 4.85. The summed E-state index contributed by atoms with van der Waals surface area (Å²) in [6.07, 6.45) is 0. The van der Waals surface area contributed by atoms with E-state index in [-0.39, 0.29) is 0 Å².